The lowest BCUT2D eigenvalue weighted by atomic mass is 10.1. The number of nitrogens with zero attached hydrogens (tertiary/aromatic N) is 3. The molecule has 0 aliphatic carbocycles. The molecule has 0 saturated heterocycles. The van der Waals surface area contributed by atoms with Crippen LogP contribution in [0.3, 0.4) is 0 Å². The smallest absolute Gasteiger partial charge is 0.263 e. The van der Waals surface area contributed by atoms with Gasteiger partial charge in [0.15, 0.2) is 5.76 Å². The Morgan fingerprint density at radius 3 is 2.43 bits per heavy atom. The highest BCUT2D eigenvalue weighted by Gasteiger charge is 2.18. The Morgan fingerprint density at radius 1 is 1.00 bits per heavy atom. The molecule has 0 radical (unpaired) electrons. The molecule has 9 heteroatoms. The summed E-state index contributed by atoms with van der Waals surface area (Å²) in [6, 6.07) is 16.0. The summed E-state index contributed by atoms with van der Waals surface area (Å²) < 4.78 is 33.6. The normalized spacial score (nSPS) is 11.7. The second kappa shape index (κ2) is 8.37. The summed E-state index contributed by atoms with van der Waals surface area (Å²) in [5.41, 5.74) is 1.61. The van der Waals surface area contributed by atoms with E-state index in [4.69, 9.17) is 4.42 Å². The number of benzene rings is 2. The molecule has 0 aliphatic heterocycles. The van der Waals surface area contributed by atoms with Gasteiger partial charge >= 0.3 is 0 Å². The molecule has 4 aromatic rings. The summed E-state index contributed by atoms with van der Waals surface area (Å²) in [5.74, 6) is 1.50. The third-order valence-electron chi connectivity index (χ3n) is 4.25. The van der Waals surface area contributed by atoms with Crippen LogP contribution >= 0.6 is 11.3 Å². The molecule has 1 N–H and O–H groups in total. The van der Waals surface area contributed by atoms with Gasteiger partial charge in [0.2, 0.25) is 11.0 Å². The Bertz CT molecular complexity index is 1230. The maximum absolute atomic E-state index is 12.7. The monoisotopic (exact) mass is 440 g/mol. The van der Waals surface area contributed by atoms with E-state index in [1.807, 2.05) is 30.3 Å². The minimum Gasteiger partial charge on any atom is -0.436 e. The Morgan fingerprint density at radius 2 is 1.73 bits per heavy atom. The van der Waals surface area contributed by atoms with Crippen molar-refractivity contribution in [3.05, 3.63) is 65.8 Å². The summed E-state index contributed by atoms with van der Waals surface area (Å²) >= 11 is 1.25. The maximum atomic E-state index is 12.7. The Balaban J connectivity index is 1.50. The van der Waals surface area contributed by atoms with Crippen molar-refractivity contribution in [2.24, 2.45) is 5.92 Å². The van der Waals surface area contributed by atoms with E-state index in [9.17, 15) is 8.42 Å². The quantitative estimate of drug-likeness (QED) is 0.441. The van der Waals surface area contributed by atoms with Crippen molar-refractivity contribution in [3.8, 4) is 22.8 Å². The number of hydrogen-bond acceptors (Lipinski definition) is 7. The van der Waals surface area contributed by atoms with Crippen LogP contribution in [0.15, 0.2) is 70.1 Å². The number of nitrogens with one attached hydrogen (secondary N) is 1. The maximum Gasteiger partial charge on any atom is 0.263 e. The third kappa shape index (κ3) is 4.58. The van der Waals surface area contributed by atoms with Crippen LogP contribution in [0, 0.1) is 5.92 Å². The molecule has 154 valence electrons. The van der Waals surface area contributed by atoms with E-state index in [2.05, 4.69) is 33.8 Å². The zero-order valence-corrected chi connectivity index (χ0v) is 18.1. The molecule has 0 fully saturated rings. The SMILES string of the molecule is CC(C)Cc1nnc(NS(=O)(=O)c2ccc(-c3ncc(-c4ccccc4)o3)cc2)s1. The van der Waals surface area contributed by atoms with Crippen molar-refractivity contribution in [1.82, 2.24) is 15.2 Å². The Kier molecular flexibility index (Phi) is 5.65. The predicted molar refractivity (Wildman–Crippen MR) is 117 cm³/mol. The number of aromatic nitrogens is 3. The van der Waals surface area contributed by atoms with Gasteiger partial charge in [-0.1, -0.05) is 55.5 Å². The van der Waals surface area contributed by atoms with Crippen molar-refractivity contribution in [1.29, 1.82) is 0 Å². The van der Waals surface area contributed by atoms with E-state index < -0.39 is 10.0 Å². The number of hydrogen-bond donors (Lipinski definition) is 1. The lowest BCUT2D eigenvalue weighted by molar-refractivity contribution is 0.588. The molecule has 0 unspecified atom stereocenters. The van der Waals surface area contributed by atoms with E-state index in [-0.39, 0.29) is 10.0 Å². The topological polar surface area (TPSA) is 98.0 Å². The first-order chi connectivity index (χ1) is 14.4. The number of sulfonamides is 1. The van der Waals surface area contributed by atoms with Crippen LogP contribution in [0.1, 0.15) is 18.9 Å². The van der Waals surface area contributed by atoms with Gasteiger partial charge in [-0.2, -0.15) is 0 Å². The van der Waals surface area contributed by atoms with Gasteiger partial charge in [-0.25, -0.2) is 13.4 Å². The standard InChI is InChI=1S/C21H20N4O3S2/c1-14(2)12-19-23-24-21(29-19)25-30(26,27)17-10-8-16(9-11-17)20-22-13-18(28-20)15-6-4-3-5-7-15/h3-11,13-14H,12H2,1-2H3,(H,24,25). The van der Waals surface area contributed by atoms with Gasteiger partial charge in [-0.15, -0.1) is 10.2 Å². The van der Waals surface area contributed by atoms with E-state index in [1.165, 1.54) is 23.5 Å². The number of anilines is 1. The lowest BCUT2D eigenvalue weighted by Gasteiger charge is -2.05. The molecule has 2 heterocycles. The van der Waals surface area contributed by atoms with Crippen LogP contribution in [0.5, 0.6) is 0 Å². The highest BCUT2D eigenvalue weighted by Crippen LogP contribution is 2.27. The minimum atomic E-state index is -3.76. The van der Waals surface area contributed by atoms with Gasteiger partial charge in [0, 0.05) is 17.5 Å². The first-order valence-corrected chi connectivity index (χ1v) is 11.7. The fraction of sp³-hybridized carbons (Fsp3) is 0.190. The molecule has 2 aromatic carbocycles. The second-order valence-electron chi connectivity index (χ2n) is 7.12. The van der Waals surface area contributed by atoms with Crippen LogP contribution in [0.2, 0.25) is 0 Å². The summed E-state index contributed by atoms with van der Waals surface area (Å²) in [6.45, 7) is 4.15. The molecular formula is C21H20N4O3S2. The Labute approximate surface area is 178 Å². The van der Waals surface area contributed by atoms with E-state index in [1.54, 1.807) is 18.3 Å². The van der Waals surface area contributed by atoms with Gasteiger partial charge in [0.1, 0.15) is 5.01 Å². The molecule has 0 bridgehead atoms. The molecule has 0 amide bonds. The van der Waals surface area contributed by atoms with Gasteiger partial charge < -0.3 is 4.42 Å². The van der Waals surface area contributed by atoms with Crippen molar-refractivity contribution in [2.45, 2.75) is 25.2 Å². The number of rotatable bonds is 7. The van der Waals surface area contributed by atoms with Gasteiger partial charge in [-0.05, 0) is 30.2 Å². The lowest BCUT2D eigenvalue weighted by Crippen LogP contribution is -2.12. The van der Waals surface area contributed by atoms with E-state index >= 15 is 0 Å². The Hall–Kier alpha value is -3.04. The molecule has 0 aliphatic rings. The van der Waals surface area contributed by atoms with Crippen molar-refractivity contribution >= 4 is 26.5 Å². The van der Waals surface area contributed by atoms with Crippen LogP contribution in [-0.4, -0.2) is 23.6 Å². The molecule has 30 heavy (non-hydrogen) atoms. The fourth-order valence-corrected chi connectivity index (χ4v) is 5.00. The van der Waals surface area contributed by atoms with Crippen LogP contribution in [0.4, 0.5) is 5.13 Å². The van der Waals surface area contributed by atoms with Gasteiger partial charge in [0.05, 0.1) is 11.1 Å². The first-order valence-electron chi connectivity index (χ1n) is 9.37. The average molecular weight is 441 g/mol. The van der Waals surface area contributed by atoms with Crippen molar-refractivity contribution in [2.75, 3.05) is 4.72 Å². The molecule has 0 atom stereocenters. The highest BCUT2D eigenvalue weighted by atomic mass is 32.2. The highest BCUT2D eigenvalue weighted by molar-refractivity contribution is 7.93. The fourth-order valence-electron chi connectivity index (χ4n) is 2.82. The van der Waals surface area contributed by atoms with Crippen LogP contribution in [-0.2, 0) is 16.4 Å². The minimum absolute atomic E-state index is 0.127. The number of oxazole rings is 1. The third-order valence-corrected chi connectivity index (χ3v) is 6.59. The van der Waals surface area contributed by atoms with E-state index in [0.717, 1.165) is 17.0 Å². The second-order valence-corrected chi connectivity index (χ2v) is 9.87. The first kappa shape index (κ1) is 20.2. The molecule has 2 aromatic heterocycles. The molecule has 0 saturated carbocycles. The molecular weight excluding hydrogens is 420 g/mol. The average Bonchev–Trinajstić information content (AvgIpc) is 3.38. The molecule has 0 spiro atoms. The largest absolute Gasteiger partial charge is 0.436 e. The summed E-state index contributed by atoms with van der Waals surface area (Å²) in [7, 11) is -3.76. The zero-order valence-electron chi connectivity index (χ0n) is 16.4. The molecule has 7 nitrogen and oxygen atoms in total. The van der Waals surface area contributed by atoms with Crippen LogP contribution in [0.25, 0.3) is 22.8 Å². The summed E-state index contributed by atoms with van der Waals surface area (Å²) in [4.78, 5) is 4.43. The summed E-state index contributed by atoms with van der Waals surface area (Å²) in [5, 5.41) is 9.03. The van der Waals surface area contributed by atoms with Crippen molar-refractivity contribution in [3.63, 3.8) is 0 Å². The van der Waals surface area contributed by atoms with Crippen LogP contribution < -0.4 is 4.72 Å². The predicted octanol–water partition coefficient (Wildman–Crippen LogP) is 4.86. The molecule has 4 rings (SSSR count). The zero-order chi connectivity index (χ0) is 21.1. The van der Waals surface area contributed by atoms with Crippen molar-refractivity contribution < 1.29 is 12.8 Å². The van der Waals surface area contributed by atoms with Gasteiger partial charge in [-0.3, -0.25) is 4.72 Å². The van der Waals surface area contributed by atoms with Gasteiger partial charge in [0.25, 0.3) is 10.0 Å². The van der Waals surface area contributed by atoms with E-state index in [0.29, 0.717) is 23.1 Å². The summed E-state index contributed by atoms with van der Waals surface area (Å²) in [6.07, 6.45) is 2.41.